The lowest BCUT2D eigenvalue weighted by molar-refractivity contribution is 0.105. The first-order valence-electron chi connectivity index (χ1n) is 7.13. The van der Waals surface area contributed by atoms with Crippen molar-refractivity contribution in [3.63, 3.8) is 0 Å². The lowest BCUT2D eigenvalue weighted by atomic mass is 10.2. The smallest absolute Gasteiger partial charge is 0.261 e. The van der Waals surface area contributed by atoms with E-state index < -0.39 is 16.1 Å². The summed E-state index contributed by atoms with van der Waals surface area (Å²) in [6.45, 7) is 1.79. The molecule has 124 valence electrons. The molecule has 0 spiro atoms. The molecule has 2 aromatic rings. The highest BCUT2D eigenvalue weighted by Crippen LogP contribution is 2.18. The number of sulfonamides is 1. The fraction of sp³-hybridized carbons (Fsp3) is 0.250. The molecule has 23 heavy (non-hydrogen) atoms. The molecular formula is C16H20N2O4S. The van der Waals surface area contributed by atoms with Crippen LogP contribution in [0.3, 0.4) is 0 Å². The fourth-order valence-electron chi connectivity index (χ4n) is 1.89. The highest BCUT2D eigenvalue weighted by Gasteiger charge is 2.13. The molecule has 0 saturated carbocycles. The van der Waals surface area contributed by atoms with E-state index in [0.717, 1.165) is 11.3 Å². The first kappa shape index (κ1) is 17.3. The van der Waals surface area contributed by atoms with Crippen LogP contribution in [0.2, 0.25) is 0 Å². The van der Waals surface area contributed by atoms with Crippen LogP contribution in [0.15, 0.2) is 53.4 Å². The number of benzene rings is 2. The van der Waals surface area contributed by atoms with Crippen molar-refractivity contribution in [2.24, 2.45) is 0 Å². The number of nitrogens with one attached hydrogen (secondary N) is 2. The fourth-order valence-corrected chi connectivity index (χ4v) is 2.95. The van der Waals surface area contributed by atoms with Crippen molar-refractivity contribution in [1.82, 2.24) is 0 Å². The molecule has 1 unspecified atom stereocenters. The number of aliphatic hydroxyl groups excluding tert-OH is 2. The minimum atomic E-state index is -3.62. The van der Waals surface area contributed by atoms with Gasteiger partial charge < -0.3 is 15.5 Å². The number of aryl methyl sites for hydroxylation is 1. The third-order valence-electron chi connectivity index (χ3n) is 3.22. The third-order valence-corrected chi connectivity index (χ3v) is 4.62. The SMILES string of the molecule is Cc1ccc(S(=O)(=O)Nc2ccc(NCC(O)CO)cc2)cc1. The minimum absolute atomic E-state index is 0.205. The van der Waals surface area contributed by atoms with Gasteiger partial charge in [0.15, 0.2) is 0 Å². The number of hydrogen-bond donors (Lipinski definition) is 4. The molecule has 6 nitrogen and oxygen atoms in total. The molecule has 0 aliphatic rings. The van der Waals surface area contributed by atoms with Crippen LogP contribution in [0.4, 0.5) is 11.4 Å². The molecule has 0 heterocycles. The van der Waals surface area contributed by atoms with Gasteiger partial charge in [-0.2, -0.15) is 0 Å². The van der Waals surface area contributed by atoms with Crippen LogP contribution >= 0.6 is 0 Å². The molecule has 2 rings (SSSR count). The Kier molecular flexibility index (Phi) is 5.59. The van der Waals surface area contributed by atoms with Crippen molar-refractivity contribution in [2.75, 3.05) is 23.2 Å². The molecule has 0 amide bonds. The van der Waals surface area contributed by atoms with Gasteiger partial charge in [-0.3, -0.25) is 4.72 Å². The number of rotatable bonds is 7. The summed E-state index contributed by atoms with van der Waals surface area (Å²) in [6.07, 6.45) is -0.838. The van der Waals surface area contributed by atoms with Gasteiger partial charge in [0.05, 0.1) is 17.6 Å². The molecule has 0 aromatic heterocycles. The monoisotopic (exact) mass is 336 g/mol. The van der Waals surface area contributed by atoms with Crippen molar-refractivity contribution in [2.45, 2.75) is 17.9 Å². The Balaban J connectivity index is 2.04. The Morgan fingerprint density at radius 1 is 1.00 bits per heavy atom. The average Bonchev–Trinajstić information content (AvgIpc) is 2.54. The van der Waals surface area contributed by atoms with E-state index in [1.165, 1.54) is 0 Å². The summed E-state index contributed by atoms with van der Waals surface area (Å²) in [7, 11) is -3.62. The molecular weight excluding hydrogens is 316 g/mol. The van der Waals surface area contributed by atoms with Crippen molar-refractivity contribution >= 4 is 21.4 Å². The normalized spacial score (nSPS) is 12.7. The van der Waals surface area contributed by atoms with Gasteiger partial charge in [-0.15, -0.1) is 0 Å². The zero-order valence-corrected chi connectivity index (χ0v) is 13.5. The summed E-state index contributed by atoms with van der Waals surface area (Å²) < 4.78 is 27.0. The molecule has 1 atom stereocenters. The number of anilines is 2. The van der Waals surface area contributed by atoms with E-state index >= 15 is 0 Å². The van der Waals surface area contributed by atoms with E-state index in [2.05, 4.69) is 10.0 Å². The maximum atomic E-state index is 12.3. The lowest BCUT2D eigenvalue weighted by Gasteiger charge is -2.12. The number of aliphatic hydroxyl groups is 2. The van der Waals surface area contributed by atoms with E-state index in [9.17, 15) is 13.5 Å². The van der Waals surface area contributed by atoms with Gasteiger partial charge in [0.1, 0.15) is 0 Å². The molecule has 2 aromatic carbocycles. The Bertz CT molecular complexity index is 728. The largest absolute Gasteiger partial charge is 0.394 e. The predicted octanol–water partition coefficient (Wildman–Crippen LogP) is 1.56. The van der Waals surface area contributed by atoms with Crippen molar-refractivity contribution in [1.29, 1.82) is 0 Å². The first-order valence-corrected chi connectivity index (χ1v) is 8.61. The Hall–Kier alpha value is -2.09. The van der Waals surface area contributed by atoms with Gasteiger partial charge in [-0.1, -0.05) is 17.7 Å². The summed E-state index contributed by atoms with van der Waals surface area (Å²) in [4.78, 5) is 0.205. The van der Waals surface area contributed by atoms with Crippen LogP contribution in [0.5, 0.6) is 0 Å². The summed E-state index contributed by atoms with van der Waals surface area (Å²) >= 11 is 0. The average molecular weight is 336 g/mol. The standard InChI is InChI=1S/C16H20N2O4S/c1-12-2-8-16(9-3-12)23(21,22)18-14-6-4-13(5-7-14)17-10-15(20)11-19/h2-9,15,17-20H,10-11H2,1H3. The maximum Gasteiger partial charge on any atom is 0.261 e. The van der Waals surface area contributed by atoms with Gasteiger partial charge in [0.25, 0.3) is 10.0 Å². The van der Waals surface area contributed by atoms with Gasteiger partial charge in [0.2, 0.25) is 0 Å². The van der Waals surface area contributed by atoms with Crippen molar-refractivity contribution in [3.8, 4) is 0 Å². The van der Waals surface area contributed by atoms with Crippen LogP contribution in [-0.4, -0.2) is 37.9 Å². The van der Waals surface area contributed by atoms with Crippen LogP contribution in [0, 0.1) is 6.92 Å². The topological polar surface area (TPSA) is 98.7 Å². The highest BCUT2D eigenvalue weighted by molar-refractivity contribution is 7.92. The van der Waals surface area contributed by atoms with Crippen LogP contribution in [-0.2, 0) is 10.0 Å². The van der Waals surface area contributed by atoms with E-state index in [0.29, 0.717) is 5.69 Å². The van der Waals surface area contributed by atoms with E-state index in [1.54, 1.807) is 48.5 Å². The Morgan fingerprint density at radius 2 is 1.57 bits per heavy atom. The molecule has 0 radical (unpaired) electrons. The zero-order valence-electron chi connectivity index (χ0n) is 12.7. The number of hydrogen-bond acceptors (Lipinski definition) is 5. The van der Waals surface area contributed by atoms with Crippen molar-refractivity contribution < 1.29 is 18.6 Å². The Labute approximate surface area is 135 Å². The molecule has 0 saturated heterocycles. The second kappa shape index (κ2) is 7.45. The molecule has 0 bridgehead atoms. The molecule has 0 aliphatic carbocycles. The van der Waals surface area contributed by atoms with Gasteiger partial charge >= 0.3 is 0 Å². The van der Waals surface area contributed by atoms with Gasteiger partial charge in [0, 0.05) is 17.9 Å². The van der Waals surface area contributed by atoms with Crippen LogP contribution < -0.4 is 10.0 Å². The Morgan fingerprint density at radius 3 is 2.13 bits per heavy atom. The van der Waals surface area contributed by atoms with Crippen molar-refractivity contribution in [3.05, 3.63) is 54.1 Å². The second-order valence-electron chi connectivity index (χ2n) is 5.21. The second-order valence-corrected chi connectivity index (χ2v) is 6.90. The van der Waals surface area contributed by atoms with Crippen LogP contribution in [0.25, 0.3) is 0 Å². The van der Waals surface area contributed by atoms with E-state index in [-0.39, 0.29) is 18.0 Å². The van der Waals surface area contributed by atoms with Gasteiger partial charge in [-0.05, 0) is 43.3 Å². The highest BCUT2D eigenvalue weighted by atomic mass is 32.2. The lowest BCUT2D eigenvalue weighted by Crippen LogP contribution is -2.22. The van der Waals surface area contributed by atoms with E-state index in [1.807, 2.05) is 6.92 Å². The quantitative estimate of drug-likeness (QED) is 0.615. The summed E-state index contributed by atoms with van der Waals surface area (Å²) in [5, 5.41) is 20.9. The summed E-state index contributed by atoms with van der Waals surface area (Å²) in [6, 6.07) is 13.2. The van der Waals surface area contributed by atoms with Gasteiger partial charge in [-0.25, -0.2) is 8.42 Å². The predicted molar refractivity (Wildman–Crippen MR) is 90.0 cm³/mol. The maximum absolute atomic E-state index is 12.3. The summed E-state index contributed by atoms with van der Waals surface area (Å²) in [5.74, 6) is 0. The molecule has 0 fully saturated rings. The zero-order chi connectivity index (χ0) is 16.9. The summed E-state index contributed by atoms with van der Waals surface area (Å²) in [5.41, 5.74) is 2.15. The molecule has 4 N–H and O–H groups in total. The molecule has 7 heteroatoms. The minimum Gasteiger partial charge on any atom is -0.394 e. The van der Waals surface area contributed by atoms with Crippen LogP contribution in [0.1, 0.15) is 5.56 Å². The third kappa shape index (κ3) is 4.95. The first-order chi connectivity index (χ1) is 10.9. The molecule has 0 aliphatic heterocycles. The van der Waals surface area contributed by atoms with E-state index in [4.69, 9.17) is 5.11 Å².